The summed E-state index contributed by atoms with van der Waals surface area (Å²) in [5.74, 6) is 1.19. The lowest BCUT2D eigenvalue weighted by molar-refractivity contribution is 0.180. The second-order valence-electron chi connectivity index (χ2n) is 3.50. The minimum Gasteiger partial charge on any atom is -0.469 e. The summed E-state index contributed by atoms with van der Waals surface area (Å²) in [6.07, 6.45) is 1.56. The van der Waals surface area contributed by atoms with E-state index in [1.54, 1.807) is 19.4 Å². The molecule has 0 bridgehead atoms. The van der Waals surface area contributed by atoms with E-state index < -0.39 is 0 Å². The van der Waals surface area contributed by atoms with Crippen molar-refractivity contribution >= 4 is 15.9 Å². The Morgan fingerprint density at radius 3 is 2.94 bits per heavy atom. The topological polar surface area (TPSA) is 68.1 Å². The van der Waals surface area contributed by atoms with Crippen molar-refractivity contribution in [1.82, 2.24) is 9.97 Å². The maximum atomic E-state index is 11.7. The zero-order chi connectivity index (χ0) is 12.4. The summed E-state index contributed by atoms with van der Waals surface area (Å²) < 4.78 is 10.6. The van der Waals surface area contributed by atoms with Crippen molar-refractivity contribution in [2.45, 2.75) is 13.5 Å². The number of ether oxygens (including phenoxy) is 1. The van der Waals surface area contributed by atoms with E-state index in [0.717, 1.165) is 5.56 Å². The van der Waals surface area contributed by atoms with Crippen molar-refractivity contribution in [3.63, 3.8) is 0 Å². The van der Waals surface area contributed by atoms with Crippen LogP contribution in [-0.2, 0) is 11.3 Å². The molecule has 0 unspecified atom stereocenters. The lowest BCUT2D eigenvalue weighted by Crippen LogP contribution is -2.14. The molecule has 2 aromatic heterocycles. The molecule has 2 aromatic rings. The van der Waals surface area contributed by atoms with E-state index in [1.807, 2.05) is 6.92 Å². The first kappa shape index (κ1) is 12.1. The van der Waals surface area contributed by atoms with Crippen LogP contribution in [0.25, 0.3) is 11.4 Å². The van der Waals surface area contributed by atoms with E-state index in [2.05, 4.69) is 25.9 Å². The highest BCUT2D eigenvalue weighted by Crippen LogP contribution is 2.21. The second-order valence-corrected chi connectivity index (χ2v) is 4.29. The molecular formula is C11H11BrN2O3. The Kier molecular flexibility index (Phi) is 3.44. The number of hydrogen-bond donors (Lipinski definition) is 1. The van der Waals surface area contributed by atoms with Crippen LogP contribution in [0.4, 0.5) is 0 Å². The Morgan fingerprint density at radius 1 is 1.59 bits per heavy atom. The average Bonchev–Trinajstić information content (AvgIpc) is 2.71. The van der Waals surface area contributed by atoms with Gasteiger partial charge in [0.05, 0.1) is 24.1 Å². The number of aryl methyl sites for hydroxylation is 1. The molecule has 0 radical (unpaired) electrons. The van der Waals surface area contributed by atoms with Gasteiger partial charge in [-0.2, -0.15) is 0 Å². The molecule has 2 heterocycles. The van der Waals surface area contributed by atoms with Gasteiger partial charge >= 0.3 is 0 Å². The summed E-state index contributed by atoms with van der Waals surface area (Å²) in [6, 6.07) is 1.76. The summed E-state index contributed by atoms with van der Waals surface area (Å²) in [6.45, 7) is 2.09. The Balaban J connectivity index is 2.57. The molecule has 0 spiro atoms. The van der Waals surface area contributed by atoms with E-state index in [4.69, 9.17) is 9.15 Å². The number of furan rings is 1. The molecule has 1 N–H and O–H groups in total. The fraction of sp³-hybridized carbons (Fsp3) is 0.273. The SMILES string of the molecule is COCc1nc(-c2ccoc2C)[nH]c(=O)c1Br. The fourth-order valence-electron chi connectivity index (χ4n) is 1.50. The van der Waals surface area contributed by atoms with Crippen molar-refractivity contribution in [2.75, 3.05) is 7.11 Å². The molecule has 17 heavy (non-hydrogen) atoms. The summed E-state index contributed by atoms with van der Waals surface area (Å²) in [5.41, 5.74) is 1.10. The zero-order valence-electron chi connectivity index (χ0n) is 9.41. The number of methoxy groups -OCH3 is 1. The van der Waals surface area contributed by atoms with Gasteiger partial charge in [-0.15, -0.1) is 0 Å². The molecule has 0 aromatic carbocycles. The molecule has 0 fully saturated rings. The Morgan fingerprint density at radius 2 is 2.35 bits per heavy atom. The fourth-order valence-corrected chi connectivity index (χ4v) is 1.80. The van der Waals surface area contributed by atoms with Gasteiger partial charge in [-0.25, -0.2) is 4.98 Å². The van der Waals surface area contributed by atoms with E-state index in [9.17, 15) is 4.79 Å². The number of rotatable bonds is 3. The van der Waals surface area contributed by atoms with Crippen LogP contribution in [0.3, 0.4) is 0 Å². The van der Waals surface area contributed by atoms with Crippen LogP contribution in [-0.4, -0.2) is 17.1 Å². The third-order valence-corrected chi connectivity index (χ3v) is 3.14. The van der Waals surface area contributed by atoms with Gasteiger partial charge in [0.2, 0.25) is 0 Å². The number of hydrogen-bond acceptors (Lipinski definition) is 4. The smallest absolute Gasteiger partial charge is 0.265 e. The van der Waals surface area contributed by atoms with Gasteiger partial charge in [-0.05, 0) is 28.9 Å². The Hall–Kier alpha value is -1.40. The molecule has 5 nitrogen and oxygen atoms in total. The highest BCUT2D eigenvalue weighted by atomic mass is 79.9. The second kappa shape index (κ2) is 4.85. The molecule has 0 saturated carbocycles. The minimum atomic E-state index is -0.234. The molecule has 0 aliphatic rings. The van der Waals surface area contributed by atoms with E-state index >= 15 is 0 Å². The highest BCUT2D eigenvalue weighted by molar-refractivity contribution is 9.10. The van der Waals surface area contributed by atoms with Gasteiger partial charge in [0.15, 0.2) is 0 Å². The van der Waals surface area contributed by atoms with Gasteiger partial charge in [0.1, 0.15) is 16.1 Å². The van der Waals surface area contributed by atoms with Crippen LogP contribution < -0.4 is 5.56 Å². The van der Waals surface area contributed by atoms with Gasteiger partial charge in [-0.3, -0.25) is 4.79 Å². The number of halogens is 1. The summed E-state index contributed by atoms with van der Waals surface area (Å²) in [5, 5.41) is 0. The molecular weight excluding hydrogens is 288 g/mol. The lowest BCUT2D eigenvalue weighted by atomic mass is 10.2. The van der Waals surface area contributed by atoms with Crippen molar-refractivity contribution in [2.24, 2.45) is 0 Å². The standard InChI is InChI=1S/C11H11BrN2O3/c1-6-7(3-4-17-6)10-13-8(5-16-2)9(12)11(15)14-10/h3-4H,5H2,1-2H3,(H,13,14,15). The van der Waals surface area contributed by atoms with E-state index in [-0.39, 0.29) is 12.2 Å². The first-order valence-electron chi connectivity index (χ1n) is 4.95. The van der Waals surface area contributed by atoms with Crippen molar-refractivity contribution in [3.8, 4) is 11.4 Å². The first-order chi connectivity index (χ1) is 8.13. The summed E-state index contributed by atoms with van der Waals surface area (Å²) in [4.78, 5) is 18.7. The van der Waals surface area contributed by atoms with Gasteiger partial charge in [-0.1, -0.05) is 0 Å². The molecule has 0 saturated heterocycles. The third kappa shape index (κ3) is 2.32. The lowest BCUT2D eigenvalue weighted by Gasteiger charge is -2.05. The van der Waals surface area contributed by atoms with Crippen LogP contribution in [0.15, 0.2) is 26.0 Å². The average molecular weight is 299 g/mol. The van der Waals surface area contributed by atoms with Gasteiger partial charge in [0.25, 0.3) is 5.56 Å². The predicted octanol–water partition coefficient (Wildman–Crippen LogP) is 2.25. The predicted molar refractivity (Wildman–Crippen MR) is 65.7 cm³/mol. The number of aromatic amines is 1. The molecule has 90 valence electrons. The minimum absolute atomic E-state index is 0.234. The molecule has 6 heteroatoms. The van der Waals surface area contributed by atoms with Gasteiger partial charge < -0.3 is 14.1 Å². The Bertz CT molecular complexity index is 589. The maximum absolute atomic E-state index is 11.7. The van der Waals surface area contributed by atoms with Crippen LogP contribution in [0.5, 0.6) is 0 Å². The molecule has 2 rings (SSSR count). The maximum Gasteiger partial charge on any atom is 0.265 e. The van der Waals surface area contributed by atoms with Crippen LogP contribution in [0.1, 0.15) is 11.5 Å². The van der Waals surface area contributed by atoms with Crippen LogP contribution in [0.2, 0.25) is 0 Å². The van der Waals surface area contributed by atoms with Crippen molar-refractivity contribution < 1.29 is 9.15 Å². The quantitative estimate of drug-likeness (QED) is 0.944. The molecule has 0 amide bonds. The van der Waals surface area contributed by atoms with Crippen LogP contribution >= 0.6 is 15.9 Å². The summed E-state index contributed by atoms with van der Waals surface area (Å²) in [7, 11) is 1.55. The Labute approximate surface area is 106 Å². The molecule has 0 aliphatic carbocycles. The summed E-state index contributed by atoms with van der Waals surface area (Å²) >= 11 is 3.19. The van der Waals surface area contributed by atoms with E-state index in [0.29, 0.717) is 21.8 Å². The molecule has 0 aliphatic heterocycles. The van der Waals surface area contributed by atoms with Crippen molar-refractivity contribution in [1.29, 1.82) is 0 Å². The van der Waals surface area contributed by atoms with Crippen molar-refractivity contribution in [3.05, 3.63) is 38.6 Å². The largest absolute Gasteiger partial charge is 0.469 e. The third-order valence-electron chi connectivity index (χ3n) is 2.33. The number of H-pyrrole nitrogens is 1. The monoisotopic (exact) mass is 298 g/mol. The van der Waals surface area contributed by atoms with Crippen LogP contribution in [0, 0.1) is 6.92 Å². The first-order valence-corrected chi connectivity index (χ1v) is 5.75. The molecule has 0 atom stereocenters. The zero-order valence-corrected chi connectivity index (χ0v) is 11.0. The number of aromatic nitrogens is 2. The number of nitrogens with one attached hydrogen (secondary N) is 1. The van der Waals surface area contributed by atoms with Gasteiger partial charge in [0, 0.05) is 7.11 Å². The van der Waals surface area contributed by atoms with E-state index in [1.165, 1.54) is 0 Å². The normalized spacial score (nSPS) is 10.8. The highest BCUT2D eigenvalue weighted by Gasteiger charge is 2.12. The number of nitrogens with zero attached hydrogens (tertiary/aromatic N) is 1.